The minimum absolute atomic E-state index is 0.0820. The predicted octanol–water partition coefficient (Wildman–Crippen LogP) is 3.11. The number of anilines is 2. The largest absolute Gasteiger partial charge is 0.488 e. The highest BCUT2D eigenvalue weighted by Gasteiger charge is 2.27. The molecule has 1 aromatic carbocycles. The first-order valence-corrected chi connectivity index (χ1v) is 12.7. The summed E-state index contributed by atoms with van der Waals surface area (Å²) >= 11 is 1.51. The van der Waals surface area contributed by atoms with Crippen LogP contribution < -0.4 is 20.3 Å². The molecule has 1 aromatic heterocycles. The Hall–Kier alpha value is -3.51. The number of urea groups is 1. The zero-order valence-corrected chi connectivity index (χ0v) is 21.3. The van der Waals surface area contributed by atoms with Gasteiger partial charge in [-0.15, -0.1) is 0 Å². The molecule has 2 aliphatic heterocycles. The van der Waals surface area contributed by atoms with Crippen molar-refractivity contribution in [1.82, 2.24) is 20.2 Å². The molecule has 0 radical (unpaired) electrons. The fourth-order valence-corrected chi connectivity index (χ4v) is 4.52. The average molecular weight is 515 g/mol. The van der Waals surface area contributed by atoms with E-state index in [1.807, 2.05) is 35.4 Å². The first kappa shape index (κ1) is 25.6. The van der Waals surface area contributed by atoms with Crippen molar-refractivity contribution in [2.45, 2.75) is 19.3 Å². The Labute approximate surface area is 214 Å². The molecule has 0 saturated carbocycles. The maximum atomic E-state index is 12.8. The van der Waals surface area contributed by atoms with Crippen LogP contribution in [0.3, 0.4) is 0 Å². The molecule has 1 atom stereocenters. The lowest BCUT2D eigenvalue weighted by Gasteiger charge is -2.29. The van der Waals surface area contributed by atoms with Crippen LogP contribution in [-0.2, 0) is 9.47 Å². The van der Waals surface area contributed by atoms with Crippen molar-refractivity contribution in [3.63, 3.8) is 0 Å². The molecule has 3 heterocycles. The fourth-order valence-electron chi connectivity index (χ4n) is 3.67. The topological polar surface area (TPSA) is 118 Å². The van der Waals surface area contributed by atoms with Gasteiger partial charge in [-0.25, -0.2) is 19.6 Å². The van der Waals surface area contributed by atoms with E-state index in [9.17, 15) is 9.59 Å². The van der Waals surface area contributed by atoms with Crippen molar-refractivity contribution < 1.29 is 23.8 Å². The fraction of sp³-hybridized carbons (Fsp3) is 0.417. The zero-order valence-electron chi connectivity index (χ0n) is 20.5. The van der Waals surface area contributed by atoms with Crippen molar-refractivity contribution >= 4 is 35.3 Å². The minimum Gasteiger partial charge on any atom is -0.488 e. The zero-order chi connectivity index (χ0) is 25.5. The van der Waals surface area contributed by atoms with Crippen LogP contribution in [0.4, 0.5) is 16.3 Å². The van der Waals surface area contributed by atoms with Crippen molar-refractivity contribution in [1.29, 1.82) is 0 Å². The Kier molecular flexibility index (Phi) is 8.49. The summed E-state index contributed by atoms with van der Waals surface area (Å²) in [5.74, 6) is 0.620. The van der Waals surface area contributed by atoms with Gasteiger partial charge in [-0.2, -0.15) is 0 Å². The number of rotatable bonds is 8. The smallest absolute Gasteiger partial charge is 0.361 e. The first-order chi connectivity index (χ1) is 17.5. The number of esters is 1. The number of hydrogen-bond donors (Lipinski definition) is 2. The molecule has 1 saturated heterocycles. The van der Waals surface area contributed by atoms with Gasteiger partial charge in [0, 0.05) is 37.6 Å². The van der Waals surface area contributed by atoms with Gasteiger partial charge in [0.25, 0.3) is 0 Å². The molecular weight excluding hydrogens is 484 g/mol. The number of nitrogens with zero attached hydrogens (tertiary/aromatic N) is 4. The number of amides is 2. The second-order valence-electron chi connectivity index (χ2n) is 7.92. The van der Waals surface area contributed by atoms with Crippen LogP contribution in [0.15, 0.2) is 35.9 Å². The lowest BCUT2D eigenvalue weighted by molar-refractivity contribution is 0.0514. The standard InChI is InChI=1S/C24H30N6O5S/c1-4-34-19-18(22(31)35-5-2)26-20(27-21(19)30-10-13-33-14-11-30)16-6-8-17(9-7-16)25-23(32)28-24-29(3)12-15-36-24/h6-9,12,15,24H,4-5,10-11,13-14H2,1-3H3,(H2,25,28,32). The number of carbonyl (C=O) groups excluding carboxylic acids is 2. The van der Waals surface area contributed by atoms with Gasteiger partial charge in [0.2, 0.25) is 0 Å². The number of ether oxygens (including phenoxy) is 3. The molecule has 1 unspecified atom stereocenters. The summed E-state index contributed by atoms with van der Waals surface area (Å²) in [6, 6.07) is 6.79. The summed E-state index contributed by atoms with van der Waals surface area (Å²) < 4.78 is 16.6. The van der Waals surface area contributed by atoms with Crippen LogP contribution in [0.25, 0.3) is 11.4 Å². The molecule has 36 heavy (non-hydrogen) atoms. The van der Waals surface area contributed by atoms with E-state index in [1.165, 1.54) is 11.8 Å². The van der Waals surface area contributed by atoms with E-state index in [4.69, 9.17) is 19.2 Å². The van der Waals surface area contributed by atoms with Crippen LogP contribution >= 0.6 is 11.8 Å². The molecule has 0 aliphatic carbocycles. The van der Waals surface area contributed by atoms with Gasteiger partial charge in [-0.05, 0) is 43.5 Å². The van der Waals surface area contributed by atoms with Crippen molar-refractivity contribution in [3.05, 3.63) is 41.6 Å². The summed E-state index contributed by atoms with van der Waals surface area (Å²) in [4.78, 5) is 38.4. The summed E-state index contributed by atoms with van der Waals surface area (Å²) in [6.07, 6.45) is 1.90. The summed E-state index contributed by atoms with van der Waals surface area (Å²) in [5.41, 5.74) is 1.22. The summed E-state index contributed by atoms with van der Waals surface area (Å²) in [6.45, 7) is 6.46. The maximum absolute atomic E-state index is 12.8. The Bertz CT molecular complexity index is 1110. The quantitative estimate of drug-likeness (QED) is 0.509. The highest BCUT2D eigenvalue weighted by molar-refractivity contribution is 8.02. The normalized spacial score (nSPS) is 17.1. The van der Waals surface area contributed by atoms with Gasteiger partial charge in [-0.3, -0.25) is 0 Å². The number of nitrogens with one attached hydrogen (secondary N) is 2. The molecule has 0 spiro atoms. The Morgan fingerprint density at radius 3 is 2.53 bits per heavy atom. The van der Waals surface area contributed by atoms with E-state index in [0.29, 0.717) is 61.6 Å². The van der Waals surface area contributed by atoms with Crippen LogP contribution in [-0.4, -0.2) is 78.9 Å². The van der Waals surface area contributed by atoms with Crippen LogP contribution in [0.2, 0.25) is 0 Å². The third-order valence-corrected chi connectivity index (χ3v) is 6.43. The van der Waals surface area contributed by atoms with E-state index < -0.39 is 5.97 Å². The Morgan fingerprint density at radius 1 is 1.14 bits per heavy atom. The second-order valence-corrected chi connectivity index (χ2v) is 8.91. The monoisotopic (exact) mass is 514 g/mol. The van der Waals surface area contributed by atoms with Gasteiger partial charge in [0.05, 0.1) is 26.4 Å². The SMILES string of the molecule is CCOC(=O)c1nc(-c2ccc(NC(=O)NC3SC=CN3C)cc2)nc(N2CCOCC2)c1OCC. The molecule has 12 heteroatoms. The third-order valence-electron chi connectivity index (χ3n) is 5.44. The number of hydrogen-bond acceptors (Lipinski definition) is 10. The number of carbonyl (C=O) groups is 2. The number of aromatic nitrogens is 2. The van der Waals surface area contributed by atoms with Gasteiger partial charge in [0.15, 0.2) is 28.6 Å². The van der Waals surface area contributed by atoms with Crippen molar-refractivity contribution in [2.24, 2.45) is 0 Å². The lowest BCUT2D eigenvalue weighted by atomic mass is 10.2. The summed E-state index contributed by atoms with van der Waals surface area (Å²) in [5, 5.41) is 7.64. The molecule has 1 fully saturated rings. The van der Waals surface area contributed by atoms with E-state index >= 15 is 0 Å². The molecule has 2 aromatic rings. The molecule has 192 valence electrons. The molecule has 11 nitrogen and oxygen atoms in total. The molecule has 0 bridgehead atoms. The highest BCUT2D eigenvalue weighted by atomic mass is 32.2. The van der Waals surface area contributed by atoms with E-state index in [2.05, 4.69) is 15.6 Å². The van der Waals surface area contributed by atoms with Crippen molar-refractivity contribution in [3.8, 4) is 17.1 Å². The van der Waals surface area contributed by atoms with Crippen LogP contribution in [0, 0.1) is 0 Å². The van der Waals surface area contributed by atoms with E-state index in [1.54, 1.807) is 31.2 Å². The van der Waals surface area contributed by atoms with Gasteiger partial charge < -0.3 is 34.6 Å². The summed E-state index contributed by atoms with van der Waals surface area (Å²) in [7, 11) is 1.89. The van der Waals surface area contributed by atoms with E-state index in [-0.39, 0.29) is 23.8 Å². The molecular formula is C24H30N6O5S. The Balaban J connectivity index is 1.60. The lowest BCUT2D eigenvalue weighted by Crippen LogP contribution is -2.41. The first-order valence-electron chi connectivity index (χ1n) is 11.8. The molecule has 2 aliphatic rings. The number of benzene rings is 1. The second kappa shape index (κ2) is 12.0. The van der Waals surface area contributed by atoms with Crippen LogP contribution in [0.1, 0.15) is 24.3 Å². The van der Waals surface area contributed by atoms with Crippen LogP contribution in [0.5, 0.6) is 5.75 Å². The number of morpholine rings is 1. The molecule has 2 N–H and O–H groups in total. The third kappa shape index (κ3) is 6.00. The predicted molar refractivity (Wildman–Crippen MR) is 138 cm³/mol. The average Bonchev–Trinajstić information content (AvgIpc) is 3.29. The molecule has 4 rings (SSSR count). The number of thioether (sulfide) groups is 1. The van der Waals surface area contributed by atoms with Gasteiger partial charge in [-0.1, -0.05) is 11.8 Å². The van der Waals surface area contributed by atoms with Gasteiger partial charge in [0.1, 0.15) is 0 Å². The maximum Gasteiger partial charge on any atom is 0.361 e. The molecule has 2 amide bonds. The van der Waals surface area contributed by atoms with Gasteiger partial charge >= 0.3 is 12.0 Å². The Morgan fingerprint density at radius 2 is 1.89 bits per heavy atom. The van der Waals surface area contributed by atoms with Crippen molar-refractivity contribution in [2.75, 3.05) is 56.8 Å². The highest BCUT2D eigenvalue weighted by Crippen LogP contribution is 2.33. The van der Waals surface area contributed by atoms with E-state index in [0.717, 1.165) is 0 Å². The minimum atomic E-state index is -0.571.